The van der Waals surface area contributed by atoms with Crippen molar-refractivity contribution in [3.63, 3.8) is 0 Å². The van der Waals surface area contributed by atoms with E-state index >= 15 is 0 Å². The largest absolute Gasteiger partial charge is 0.416 e. The van der Waals surface area contributed by atoms with Crippen LogP contribution >= 0.6 is 0 Å². The molecule has 0 aliphatic carbocycles. The zero-order valence-corrected chi connectivity index (χ0v) is 16.7. The van der Waals surface area contributed by atoms with Crippen LogP contribution in [-0.4, -0.2) is 0 Å². The Balaban J connectivity index is 2.03. The van der Waals surface area contributed by atoms with Crippen LogP contribution in [0.25, 0.3) is 43.1 Å². The zero-order valence-electron chi connectivity index (χ0n) is 16.7. The Morgan fingerprint density at radius 2 is 0.853 bits per heavy atom. The molecule has 0 aliphatic heterocycles. The van der Waals surface area contributed by atoms with Gasteiger partial charge >= 0.3 is 12.4 Å². The Kier molecular flexibility index (Phi) is 4.42. The highest BCUT2D eigenvalue weighted by Crippen LogP contribution is 2.37. The summed E-state index contributed by atoms with van der Waals surface area (Å²) in [7, 11) is 0. The molecule has 5 aromatic rings. The van der Waals surface area contributed by atoms with Crippen molar-refractivity contribution >= 4 is 43.1 Å². The van der Waals surface area contributed by atoms with Gasteiger partial charge in [-0.15, -0.1) is 0 Å². The topological polar surface area (TPSA) is 72.3 Å². The SMILES string of the molecule is N#C/N=c1\c2ccc(C(F)(F)F)cc2c2cc3/c(=N/C#N)c4ccc(C(F)(F)F)cc4c3cc12. The van der Waals surface area contributed by atoms with Crippen molar-refractivity contribution in [3.05, 3.63) is 70.4 Å². The van der Waals surface area contributed by atoms with Crippen LogP contribution < -0.4 is 10.7 Å². The van der Waals surface area contributed by atoms with Crippen LogP contribution in [-0.2, 0) is 12.4 Å². The molecule has 0 bridgehead atoms. The van der Waals surface area contributed by atoms with Crippen LogP contribution in [0.3, 0.4) is 0 Å². The molecule has 0 atom stereocenters. The van der Waals surface area contributed by atoms with E-state index in [2.05, 4.69) is 9.98 Å². The van der Waals surface area contributed by atoms with E-state index in [1.54, 1.807) is 12.4 Å². The highest BCUT2D eigenvalue weighted by atomic mass is 19.4. The molecule has 0 spiro atoms. The van der Waals surface area contributed by atoms with E-state index in [-0.39, 0.29) is 32.3 Å². The van der Waals surface area contributed by atoms with E-state index < -0.39 is 23.5 Å². The van der Waals surface area contributed by atoms with Gasteiger partial charge in [-0.3, -0.25) is 0 Å². The van der Waals surface area contributed by atoms with Gasteiger partial charge < -0.3 is 0 Å². The lowest BCUT2D eigenvalue weighted by Gasteiger charge is -2.06. The van der Waals surface area contributed by atoms with E-state index in [9.17, 15) is 26.3 Å². The van der Waals surface area contributed by atoms with Gasteiger partial charge in [-0.1, -0.05) is 12.1 Å². The summed E-state index contributed by atoms with van der Waals surface area (Å²) < 4.78 is 80.1. The van der Waals surface area contributed by atoms with Crippen molar-refractivity contribution in [2.75, 3.05) is 0 Å². The molecule has 0 saturated carbocycles. The fourth-order valence-electron chi connectivity index (χ4n) is 4.37. The van der Waals surface area contributed by atoms with Gasteiger partial charge in [0.2, 0.25) is 12.4 Å². The summed E-state index contributed by atoms with van der Waals surface area (Å²) in [6.07, 6.45) is -5.96. The summed E-state index contributed by atoms with van der Waals surface area (Å²) >= 11 is 0. The van der Waals surface area contributed by atoms with Crippen LogP contribution in [0.1, 0.15) is 11.1 Å². The molecule has 0 radical (unpaired) electrons. The number of nitrogens with zero attached hydrogens (tertiary/aromatic N) is 4. The first-order valence-electron chi connectivity index (χ1n) is 9.61. The molecule has 0 aromatic heterocycles. The third kappa shape index (κ3) is 3.07. The predicted octanol–water partition coefficient (Wildman–Crippen LogP) is 5.98. The molecule has 5 rings (SSSR count). The minimum absolute atomic E-state index is 0.114. The van der Waals surface area contributed by atoms with Crippen molar-refractivity contribution in [1.29, 1.82) is 10.5 Å². The maximum absolute atomic E-state index is 13.3. The summed E-state index contributed by atoms with van der Waals surface area (Å²) in [5, 5.41) is 20.7. The molecule has 0 heterocycles. The van der Waals surface area contributed by atoms with Crippen molar-refractivity contribution in [3.8, 4) is 12.4 Å². The lowest BCUT2D eigenvalue weighted by atomic mass is 10.1. The second-order valence-corrected chi connectivity index (χ2v) is 7.58. The summed E-state index contributed by atoms with van der Waals surface area (Å²) in [6.45, 7) is 0. The Bertz CT molecular complexity index is 1720. The van der Waals surface area contributed by atoms with Gasteiger partial charge in [-0.05, 0) is 57.9 Å². The van der Waals surface area contributed by atoms with Crippen LogP contribution in [0, 0.1) is 22.9 Å². The molecular weight excluding hydrogens is 458 g/mol. The van der Waals surface area contributed by atoms with Gasteiger partial charge in [-0.2, -0.15) is 46.9 Å². The number of rotatable bonds is 0. The fraction of sp³-hybridized carbons (Fsp3) is 0.0833. The normalized spacial score (nSPS) is 13.9. The van der Waals surface area contributed by atoms with Crippen molar-refractivity contribution in [2.45, 2.75) is 12.4 Å². The molecule has 0 fully saturated rings. The molecular formula is C24H8F6N4. The molecule has 0 unspecified atom stereocenters. The minimum atomic E-state index is -4.61. The average Bonchev–Trinajstić information content (AvgIpc) is 3.24. The van der Waals surface area contributed by atoms with Gasteiger partial charge in [0.25, 0.3) is 0 Å². The standard InChI is InChI=1S/C24H8F6N4/c25-23(26,27)11-1-3-13-15(5-11)17-7-20-18(8-19(17)21(13)33-9-31)16-6-12(24(28,29)30)2-4-14(16)22(20)34-10-32/h1-8H/b33-21+,34-22+. The maximum atomic E-state index is 13.3. The Morgan fingerprint density at radius 3 is 1.18 bits per heavy atom. The first-order chi connectivity index (χ1) is 16.0. The third-order valence-corrected chi connectivity index (χ3v) is 5.78. The number of alkyl halides is 6. The average molecular weight is 466 g/mol. The molecule has 0 aliphatic rings. The second-order valence-electron chi connectivity index (χ2n) is 7.58. The number of hydrogen-bond donors (Lipinski definition) is 0. The Labute approximate surface area is 185 Å². The van der Waals surface area contributed by atoms with Crippen LogP contribution in [0.5, 0.6) is 0 Å². The van der Waals surface area contributed by atoms with Gasteiger partial charge in [-0.25, -0.2) is 0 Å². The molecule has 0 saturated heterocycles. The second kappa shape index (κ2) is 7.03. The molecule has 5 aromatic carbocycles. The Morgan fingerprint density at radius 1 is 0.500 bits per heavy atom. The molecule has 0 amide bonds. The van der Waals surface area contributed by atoms with Gasteiger partial charge in [0, 0.05) is 21.5 Å². The van der Waals surface area contributed by atoms with E-state index in [1.165, 1.54) is 24.3 Å². The van der Waals surface area contributed by atoms with Crippen LogP contribution in [0.4, 0.5) is 26.3 Å². The van der Waals surface area contributed by atoms with Crippen molar-refractivity contribution < 1.29 is 26.3 Å². The minimum Gasteiger partial charge on any atom is -0.172 e. The molecule has 34 heavy (non-hydrogen) atoms. The monoisotopic (exact) mass is 466 g/mol. The summed E-state index contributed by atoms with van der Waals surface area (Å²) in [4.78, 5) is 7.54. The lowest BCUT2D eigenvalue weighted by molar-refractivity contribution is -0.138. The fourth-order valence-corrected chi connectivity index (χ4v) is 4.37. The predicted molar refractivity (Wildman–Crippen MR) is 111 cm³/mol. The van der Waals surface area contributed by atoms with E-state index in [1.807, 2.05) is 0 Å². The first-order valence-corrected chi connectivity index (χ1v) is 9.61. The Hall–Kier alpha value is -4.44. The first kappa shape index (κ1) is 21.4. The molecule has 4 nitrogen and oxygen atoms in total. The van der Waals surface area contributed by atoms with Crippen molar-refractivity contribution in [2.24, 2.45) is 9.98 Å². The smallest absolute Gasteiger partial charge is 0.172 e. The van der Waals surface area contributed by atoms with E-state index in [4.69, 9.17) is 10.5 Å². The maximum Gasteiger partial charge on any atom is 0.416 e. The van der Waals surface area contributed by atoms with Crippen LogP contribution in [0.2, 0.25) is 0 Å². The van der Waals surface area contributed by atoms with E-state index in [0.29, 0.717) is 21.5 Å². The summed E-state index contributed by atoms with van der Waals surface area (Å²) in [5.41, 5.74) is -1.81. The van der Waals surface area contributed by atoms with E-state index in [0.717, 1.165) is 24.3 Å². The molecule has 166 valence electrons. The number of nitriles is 2. The van der Waals surface area contributed by atoms with Gasteiger partial charge in [0.15, 0.2) is 0 Å². The highest BCUT2D eigenvalue weighted by Gasteiger charge is 2.32. The summed E-state index contributed by atoms with van der Waals surface area (Å²) in [6, 6.07) is 8.99. The zero-order chi connectivity index (χ0) is 24.4. The third-order valence-electron chi connectivity index (χ3n) is 5.78. The number of halogens is 6. The lowest BCUT2D eigenvalue weighted by Crippen LogP contribution is -2.05. The number of benzene rings is 3. The van der Waals surface area contributed by atoms with Crippen LogP contribution in [0.15, 0.2) is 58.5 Å². The van der Waals surface area contributed by atoms with Crippen molar-refractivity contribution in [1.82, 2.24) is 0 Å². The molecule has 10 heteroatoms. The van der Waals surface area contributed by atoms with Gasteiger partial charge in [0.05, 0.1) is 21.8 Å². The molecule has 0 N–H and O–H groups in total. The highest BCUT2D eigenvalue weighted by molar-refractivity contribution is 6.21. The van der Waals surface area contributed by atoms with Gasteiger partial charge in [0.1, 0.15) is 0 Å². The quantitative estimate of drug-likeness (QED) is 0.208. The summed E-state index contributed by atoms with van der Waals surface area (Å²) in [5.74, 6) is 0. The number of fused-ring (bicyclic) bond motifs is 6. The number of hydrogen-bond acceptors (Lipinski definition) is 4.